The standard InChI is InChI=1S/C15H22N2O2S/c1-9(2)15-17-11(8-20-15)7-16-14(19)13-5-4-12(18)6-10(13)3/h8-10,13H,4-7H2,1-3H3,(H,16,19)/t10-,13+/m0/s1. The van der Waals surface area contributed by atoms with Gasteiger partial charge in [-0.1, -0.05) is 20.8 Å². The van der Waals surface area contributed by atoms with Crippen LogP contribution in [-0.2, 0) is 16.1 Å². The number of rotatable bonds is 4. The molecule has 0 spiro atoms. The molecule has 0 aromatic carbocycles. The third-order valence-corrected chi connectivity index (χ3v) is 5.01. The van der Waals surface area contributed by atoms with E-state index in [1.165, 1.54) is 0 Å². The summed E-state index contributed by atoms with van der Waals surface area (Å²) in [7, 11) is 0. The zero-order valence-corrected chi connectivity index (χ0v) is 13.1. The van der Waals surface area contributed by atoms with E-state index in [0.29, 0.717) is 31.7 Å². The summed E-state index contributed by atoms with van der Waals surface area (Å²) in [5, 5.41) is 6.07. The molecule has 0 saturated heterocycles. The number of nitrogens with one attached hydrogen (secondary N) is 1. The largest absolute Gasteiger partial charge is 0.350 e. The van der Waals surface area contributed by atoms with E-state index >= 15 is 0 Å². The Morgan fingerprint density at radius 2 is 2.30 bits per heavy atom. The molecule has 2 rings (SSSR count). The van der Waals surface area contributed by atoms with Gasteiger partial charge in [-0.3, -0.25) is 9.59 Å². The Bertz CT molecular complexity index is 496. The molecule has 1 amide bonds. The number of nitrogens with zero attached hydrogens (tertiary/aromatic N) is 1. The number of aromatic nitrogens is 1. The fourth-order valence-corrected chi connectivity index (χ4v) is 3.41. The number of hydrogen-bond acceptors (Lipinski definition) is 4. The molecule has 1 heterocycles. The van der Waals surface area contributed by atoms with Gasteiger partial charge in [0.1, 0.15) is 5.78 Å². The lowest BCUT2D eigenvalue weighted by Gasteiger charge is -2.26. The highest BCUT2D eigenvalue weighted by atomic mass is 32.1. The number of Topliss-reactive ketones (excluding diaryl/α,β-unsaturated/α-hetero) is 1. The first-order valence-electron chi connectivity index (χ1n) is 7.21. The van der Waals surface area contributed by atoms with Gasteiger partial charge in [-0.05, 0) is 12.3 Å². The number of carbonyl (C=O) groups excluding carboxylic acids is 2. The summed E-state index contributed by atoms with van der Waals surface area (Å²) in [6.45, 7) is 6.70. The van der Waals surface area contributed by atoms with Crippen molar-refractivity contribution >= 4 is 23.0 Å². The molecule has 1 aromatic rings. The lowest BCUT2D eigenvalue weighted by atomic mass is 9.79. The molecule has 4 nitrogen and oxygen atoms in total. The van der Waals surface area contributed by atoms with Gasteiger partial charge < -0.3 is 5.32 Å². The van der Waals surface area contributed by atoms with Crippen LogP contribution in [0.4, 0.5) is 0 Å². The average Bonchev–Trinajstić information content (AvgIpc) is 2.85. The summed E-state index contributed by atoms with van der Waals surface area (Å²) >= 11 is 1.64. The molecule has 20 heavy (non-hydrogen) atoms. The second-order valence-corrected chi connectivity index (χ2v) is 6.80. The van der Waals surface area contributed by atoms with Crippen molar-refractivity contribution in [1.29, 1.82) is 0 Å². The summed E-state index contributed by atoms with van der Waals surface area (Å²) in [6, 6.07) is 0. The fraction of sp³-hybridized carbons (Fsp3) is 0.667. The topological polar surface area (TPSA) is 59.1 Å². The number of hydrogen-bond donors (Lipinski definition) is 1. The normalized spacial score (nSPS) is 23.1. The quantitative estimate of drug-likeness (QED) is 0.929. The highest BCUT2D eigenvalue weighted by Gasteiger charge is 2.31. The van der Waals surface area contributed by atoms with Gasteiger partial charge >= 0.3 is 0 Å². The fourth-order valence-electron chi connectivity index (χ4n) is 2.57. The van der Waals surface area contributed by atoms with Crippen molar-refractivity contribution in [3.63, 3.8) is 0 Å². The molecule has 0 unspecified atom stereocenters. The van der Waals surface area contributed by atoms with Crippen LogP contribution in [0.1, 0.15) is 56.7 Å². The maximum Gasteiger partial charge on any atom is 0.223 e. The van der Waals surface area contributed by atoms with E-state index in [4.69, 9.17) is 0 Å². The maximum absolute atomic E-state index is 12.2. The van der Waals surface area contributed by atoms with E-state index in [2.05, 4.69) is 24.1 Å². The number of ketones is 1. The smallest absolute Gasteiger partial charge is 0.223 e. The van der Waals surface area contributed by atoms with Crippen molar-refractivity contribution in [1.82, 2.24) is 10.3 Å². The van der Waals surface area contributed by atoms with Crippen LogP contribution in [0, 0.1) is 11.8 Å². The molecule has 1 aliphatic rings. The van der Waals surface area contributed by atoms with Crippen molar-refractivity contribution in [2.24, 2.45) is 11.8 Å². The molecule has 1 saturated carbocycles. The summed E-state index contributed by atoms with van der Waals surface area (Å²) in [5.74, 6) is 0.884. The molecule has 1 N–H and O–H groups in total. The van der Waals surface area contributed by atoms with E-state index < -0.39 is 0 Å². The lowest BCUT2D eigenvalue weighted by Crippen LogP contribution is -2.37. The Hall–Kier alpha value is -1.23. The third kappa shape index (κ3) is 3.66. The minimum absolute atomic E-state index is 0.0316. The first-order chi connectivity index (χ1) is 9.47. The van der Waals surface area contributed by atoms with Crippen LogP contribution in [0.2, 0.25) is 0 Å². The number of carbonyl (C=O) groups is 2. The van der Waals surface area contributed by atoms with Gasteiger partial charge in [0.25, 0.3) is 0 Å². The first-order valence-corrected chi connectivity index (χ1v) is 8.09. The average molecular weight is 294 g/mol. The molecule has 5 heteroatoms. The Morgan fingerprint density at radius 3 is 2.90 bits per heavy atom. The summed E-state index contributed by atoms with van der Waals surface area (Å²) < 4.78 is 0. The zero-order valence-electron chi connectivity index (χ0n) is 12.3. The van der Waals surface area contributed by atoms with E-state index in [-0.39, 0.29) is 23.5 Å². The molecule has 0 bridgehead atoms. The van der Waals surface area contributed by atoms with Gasteiger partial charge in [-0.2, -0.15) is 0 Å². The summed E-state index contributed by atoms with van der Waals surface area (Å²) in [5.41, 5.74) is 0.923. The number of amides is 1. The molecular formula is C15H22N2O2S. The molecule has 1 aromatic heterocycles. The van der Waals surface area contributed by atoms with Crippen molar-refractivity contribution in [2.45, 2.75) is 52.5 Å². The Labute approximate surface area is 124 Å². The van der Waals surface area contributed by atoms with Crippen LogP contribution >= 0.6 is 11.3 Å². The molecule has 2 atom stereocenters. The van der Waals surface area contributed by atoms with Crippen LogP contribution < -0.4 is 5.32 Å². The zero-order chi connectivity index (χ0) is 14.7. The van der Waals surface area contributed by atoms with Gasteiger partial charge in [0.15, 0.2) is 0 Å². The summed E-state index contributed by atoms with van der Waals surface area (Å²) in [6.07, 6.45) is 1.75. The Kier molecular flexibility index (Phi) is 4.91. The molecular weight excluding hydrogens is 272 g/mol. The first kappa shape index (κ1) is 15.2. The SMILES string of the molecule is CC(C)c1nc(CNC(=O)[C@@H]2CCC(=O)C[C@@H]2C)cs1. The van der Waals surface area contributed by atoms with Crippen LogP contribution in [-0.4, -0.2) is 16.7 Å². The van der Waals surface area contributed by atoms with Crippen molar-refractivity contribution in [2.75, 3.05) is 0 Å². The minimum Gasteiger partial charge on any atom is -0.350 e. The molecule has 110 valence electrons. The van der Waals surface area contributed by atoms with Crippen LogP contribution in [0.5, 0.6) is 0 Å². The molecule has 0 radical (unpaired) electrons. The van der Waals surface area contributed by atoms with Gasteiger partial charge in [-0.15, -0.1) is 11.3 Å². The molecule has 1 aliphatic carbocycles. The third-order valence-electron chi connectivity index (χ3n) is 3.81. The van der Waals surface area contributed by atoms with Crippen LogP contribution in [0.25, 0.3) is 0 Å². The monoisotopic (exact) mass is 294 g/mol. The predicted molar refractivity (Wildman–Crippen MR) is 79.6 cm³/mol. The number of thiazole rings is 1. The van der Waals surface area contributed by atoms with E-state index in [1.54, 1.807) is 11.3 Å². The summed E-state index contributed by atoms with van der Waals surface area (Å²) in [4.78, 5) is 28.0. The van der Waals surface area contributed by atoms with E-state index in [1.807, 2.05) is 12.3 Å². The molecule has 0 aliphatic heterocycles. The Morgan fingerprint density at radius 1 is 1.55 bits per heavy atom. The van der Waals surface area contributed by atoms with Gasteiger partial charge in [0.2, 0.25) is 5.91 Å². The minimum atomic E-state index is -0.0316. The second-order valence-electron chi connectivity index (χ2n) is 5.91. The van der Waals surface area contributed by atoms with Crippen LogP contribution in [0.3, 0.4) is 0 Å². The van der Waals surface area contributed by atoms with E-state index in [9.17, 15) is 9.59 Å². The van der Waals surface area contributed by atoms with Gasteiger partial charge in [0, 0.05) is 30.1 Å². The van der Waals surface area contributed by atoms with Crippen LogP contribution in [0.15, 0.2) is 5.38 Å². The lowest BCUT2D eigenvalue weighted by molar-refractivity contribution is -0.131. The highest BCUT2D eigenvalue weighted by molar-refractivity contribution is 7.09. The second kappa shape index (κ2) is 6.48. The van der Waals surface area contributed by atoms with Crippen molar-refractivity contribution in [3.8, 4) is 0 Å². The predicted octanol–water partition coefficient (Wildman–Crippen LogP) is 2.89. The van der Waals surface area contributed by atoms with Gasteiger partial charge in [-0.25, -0.2) is 4.98 Å². The van der Waals surface area contributed by atoms with E-state index in [0.717, 1.165) is 10.7 Å². The van der Waals surface area contributed by atoms with Gasteiger partial charge in [0.05, 0.1) is 17.2 Å². The maximum atomic E-state index is 12.2. The Balaban J connectivity index is 1.86. The van der Waals surface area contributed by atoms with Crippen molar-refractivity contribution < 1.29 is 9.59 Å². The molecule has 1 fully saturated rings. The van der Waals surface area contributed by atoms with Crippen molar-refractivity contribution in [3.05, 3.63) is 16.1 Å². The highest BCUT2D eigenvalue weighted by Crippen LogP contribution is 2.27.